The maximum absolute atomic E-state index is 13.3. The lowest BCUT2D eigenvalue weighted by Crippen LogP contribution is -2.30. The summed E-state index contributed by atoms with van der Waals surface area (Å²) >= 11 is 1.26. The van der Waals surface area contributed by atoms with Gasteiger partial charge in [0.15, 0.2) is 17.3 Å². The Balaban J connectivity index is 1.76. The first-order chi connectivity index (χ1) is 16.0. The predicted molar refractivity (Wildman–Crippen MR) is 124 cm³/mol. The van der Waals surface area contributed by atoms with Gasteiger partial charge in [0.25, 0.3) is 5.91 Å². The maximum Gasteiger partial charge on any atom is 0.290 e. The fourth-order valence-electron chi connectivity index (χ4n) is 3.81. The number of carbonyl (C=O) groups excluding carboxylic acids is 2. The van der Waals surface area contributed by atoms with E-state index in [4.69, 9.17) is 13.9 Å². The number of carbonyl (C=O) groups is 2. The number of ketones is 1. The average molecular weight is 468 g/mol. The third-order valence-electron chi connectivity index (χ3n) is 5.46. The number of methoxy groups -OCH3 is 1. The molecule has 3 aromatic rings. The summed E-state index contributed by atoms with van der Waals surface area (Å²) in [5.41, 5.74) is 0.661. The van der Waals surface area contributed by atoms with Gasteiger partial charge in [-0.05, 0) is 47.7 Å². The zero-order valence-corrected chi connectivity index (χ0v) is 19.3. The molecule has 1 aromatic carbocycles. The van der Waals surface area contributed by atoms with Gasteiger partial charge < -0.3 is 23.9 Å². The molecule has 4 rings (SSSR count). The van der Waals surface area contributed by atoms with Crippen LogP contribution in [0, 0.1) is 0 Å². The minimum Gasteiger partial charge on any atom is -0.503 e. The van der Waals surface area contributed by atoms with E-state index in [0.717, 1.165) is 12.8 Å². The highest BCUT2D eigenvalue weighted by Gasteiger charge is 2.44. The number of aliphatic hydroxyl groups is 1. The van der Waals surface area contributed by atoms with Crippen LogP contribution >= 0.6 is 11.3 Å². The Kier molecular flexibility index (Phi) is 6.84. The van der Waals surface area contributed by atoms with Crippen molar-refractivity contribution in [2.75, 3.05) is 13.7 Å². The summed E-state index contributed by atoms with van der Waals surface area (Å²) in [4.78, 5) is 28.3. The Bertz CT molecular complexity index is 1150. The number of thiophene rings is 1. The summed E-state index contributed by atoms with van der Waals surface area (Å²) in [5, 5.41) is 12.5. The molecule has 0 bridgehead atoms. The van der Waals surface area contributed by atoms with Crippen molar-refractivity contribution in [3.05, 3.63) is 81.6 Å². The number of furan rings is 1. The fraction of sp³-hybridized carbons (Fsp3) is 0.280. The SMILES string of the molecule is CCCCOc1ccc(C2C(C(=O)c3cccs3)=C(O)C(=O)N2Cc2ccco2)cc1OC. The molecule has 0 radical (unpaired) electrons. The minimum absolute atomic E-state index is 0.0377. The molecule has 8 heteroatoms. The molecule has 33 heavy (non-hydrogen) atoms. The highest BCUT2D eigenvalue weighted by molar-refractivity contribution is 7.12. The van der Waals surface area contributed by atoms with Crippen LogP contribution in [0.3, 0.4) is 0 Å². The molecule has 0 fully saturated rings. The molecular formula is C25H25NO6S. The van der Waals surface area contributed by atoms with E-state index in [0.29, 0.717) is 34.3 Å². The Morgan fingerprint density at radius 1 is 1.21 bits per heavy atom. The van der Waals surface area contributed by atoms with Crippen LogP contribution in [0.4, 0.5) is 0 Å². The molecule has 0 aliphatic carbocycles. The van der Waals surface area contributed by atoms with Crippen molar-refractivity contribution in [2.45, 2.75) is 32.4 Å². The van der Waals surface area contributed by atoms with Crippen LogP contribution in [0.2, 0.25) is 0 Å². The Morgan fingerprint density at radius 3 is 2.73 bits per heavy atom. The third kappa shape index (κ3) is 4.52. The third-order valence-corrected chi connectivity index (χ3v) is 6.33. The van der Waals surface area contributed by atoms with E-state index in [9.17, 15) is 14.7 Å². The summed E-state index contributed by atoms with van der Waals surface area (Å²) in [7, 11) is 1.54. The van der Waals surface area contributed by atoms with Crippen molar-refractivity contribution in [3.63, 3.8) is 0 Å². The molecule has 2 aromatic heterocycles. The van der Waals surface area contributed by atoms with Gasteiger partial charge in [0, 0.05) is 0 Å². The van der Waals surface area contributed by atoms with Gasteiger partial charge in [-0.3, -0.25) is 9.59 Å². The van der Waals surface area contributed by atoms with E-state index >= 15 is 0 Å². The smallest absolute Gasteiger partial charge is 0.290 e. The number of rotatable bonds is 10. The van der Waals surface area contributed by atoms with Gasteiger partial charge in [0.2, 0.25) is 5.78 Å². The normalized spacial score (nSPS) is 15.9. The van der Waals surface area contributed by atoms with E-state index in [1.807, 2.05) is 0 Å². The van der Waals surface area contributed by atoms with Crippen molar-refractivity contribution in [2.24, 2.45) is 0 Å². The highest BCUT2D eigenvalue weighted by Crippen LogP contribution is 2.42. The largest absolute Gasteiger partial charge is 0.503 e. The van der Waals surface area contributed by atoms with Crippen LogP contribution in [-0.2, 0) is 11.3 Å². The number of hydrogen-bond acceptors (Lipinski definition) is 7. The number of benzene rings is 1. The van der Waals surface area contributed by atoms with Crippen molar-refractivity contribution < 1.29 is 28.6 Å². The lowest BCUT2D eigenvalue weighted by atomic mass is 9.95. The monoisotopic (exact) mass is 467 g/mol. The Hall–Kier alpha value is -3.52. The van der Waals surface area contributed by atoms with Crippen molar-refractivity contribution in [1.82, 2.24) is 4.90 Å². The van der Waals surface area contributed by atoms with Crippen LogP contribution in [0.1, 0.15) is 46.8 Å². The van der Waals surface area contributed by atoms with E-state index in [-0.39, 0.29) is 17.9 Å². The molecule has 1 amide bonds. The molecule has 1 N–H and O–H groups in total. The molecule has 0 saturated heterocycles. The number of amides is 1. The van der Waals surface area contributed by atoms with Gasteiger partial charge in [-0.2, -0.15) is 0 Å². The molecule has 7 nitrogen and oxygen atoms in total. The summed E-state index contributed by atoms with van der Waals surface area (Å²) in [5.74, 6) is 0.0486. The first-order valence-electron chi connectivity index (χ1n) is 10.7. The molecule has 0 spiro atoms. The number of nitrogens with zero attached hydrogens (tertiary/aromatic N) is 1. The van der Waals surface area contributed by atoms with Crippen LogP contribution in [0.15, 0.2) is 69.9 Å². The lowest BCUT2D eigenvalue weighted by Gasteiger charge is -2.26. The average Bonchev–Trinajstić information content (AvgIpc) is 3.58. The summed E-state index contributed by atoms with van der Waals surface area (Å²) in [6.07, 6.45) is 3.43. The van der Waals surface area contributed by atoms with Crippen molar-refractivity contribution >= 4 is 23.0 Å². The van der Waals surface area contributed by atoms with Crippen LogP contribution in [-0.4, -0.2) is 35.4 Å². The fourth-order valence-corrected chi connectivity index (χ4v) is 4.48. The molecule has 1 aliphatic rings. The maximum atomic E-state index is 13.3. The van der Waals surface area contributed by atoms with Gasteiger partial charge >= 0.3 is 0 Å². The van der Waals surface area contributed by atoms with Crippen molar-refractivity contribution in [1.29, 1.82) is 0 Å². The minimum atomic E-state index is -0.809. The zero-order valence-electron chi connectivity index (χ0n) is 18.4. The first kappa shape index (κ1) is 22.7. The zero-order chi connectivity index (χ0) is 23.4. The molecule has 1 unspecified atom stereocenters. The van der Waals surface area contributed by atoms with Crippen LogP contribution in [0.25, 0.3) is 0 Å². The Labute approximate surface area is 195 Å². The number of unbranched alkanes of at least 4 members (excludes halogenated alkanes) is 1. The quantitative estimate of drug-likeness (QED) is 0.321. The molecule has 3 heterocycles. The van der Waals surface area contributed by atoms with Gasteiger partial charge in [0.1, 0.15) is 5.76 Å². The van der Waals surface area contributed by atoms with Gasteiger partial charge in [-0.25, -0.2) is 0 Å². The number of aliphatic hydroxyl groups excluding tert-OH is 1. The van der Waals surface area contributed by atoms with E-state index < -0.39 is 17.7 Å². The number of hydrogen-bond donors (Lipinski definition) is 1. The van der Waals surface area contributed by atoms with Crippen LogP contribution in [0.5, 0.6) is 11.5 Å². The van der Waals surface area contributed by atoms with E-state index in [1.165, 1.54) is 29.6 Å². The van der Waals surface area contributed by atoms with Crippen molar-refractivity contribution in [3.8, 4) is 11.5 Å². The molecular weight excluding hydrogens is 442 g/mol. The molecule has 1 atom stereocenters. The second-order valence-electron chi connectivity index (χ2n) is 7.60. The van der Waals surface area contributed by atoms with Gasteiger partial charge in [-0.15, -0.1) is 11.3 Å². The summed E-state index contributed by atoms with van der Waals surface area (Å²) in [6, 6.07) is 11.4. The van der Waals surface area contributed by atoms with Gasteiger partial charge in [-0.1, -0.05) is 25.5 Å². The summed E-state index contributed by atoms with van der Waals surface area (Å²) in [6.45, 7) is 2.74. The van der Waals surface area contributed by atoms with Crippen LogP contribution < -0.4 is 9.47 Å². The molecule has 172 valence electrons. The second-order valence-corrected chi connectivity index (χ2v) is 8.54. The number of ether oxygens (including phenoxy) is 2. The highest BCUT2D eigenvalue weighted by atomic mass is 32.1. The number of Topliss-reactive ketones (excluding diaryl/α,β-unsaturated/α-hetero) is 1. The Morgan fingerprint density at radius 2 is 2.06 bits per heavy atom. The van der Waals surface area contributed by atoms with Gasteiger partial charge in [0.05, 0.1) is 43.0 Å². The van der Waals surface area contributed by atoms with E-state index in [1.54, 1.807) is 47.8 Å². The predicted octanol–water partition coefficient (Wildman–Crippen LogP) is 5.31. The standard InChI is InChI=1S/C25H25NO6S/c1-3-4-11-32-18-10-9-16(14-19(18)30-2)22-21(23(27)20-8-6-13-33-20)24(28)25(29)26(22)15-17-7-5-12-31-17/h5-10,12-14,22,28H,3-4,11,15H2,1-2H3. The second kappa shape index (κ2) is 9.95. The topological polar surface area (TPSA) is 89.2 Å². The lowest BCUT2D eigenvalue weighted by molar-refractivity contribution is -0.130. The first-order valence-corrected chi connectivity index (χ1v) is 11.6. The van der Waals surface area contributed by atoms with E-state index in [2.05, 4.69) is 6.92 Å². The molecule has 1 aliphatic heterocycles. The summed E-state index contributed by atoms with van der Waals surface area (Å²) < 4.78 is 16.8. The molecule has 0 saturated carbocycles.